The van der Waals surface area contributed by atoms with E-state index in [2.05, 4.69) is 11.5 Å². The Balaban J connectivity index is 0.000000261. The molecule has 5 heteroatoms. The van der Waals surface area contributed by atoms with Crippen molar-refractivity contribution < 1.29 is 5.11 Å². The normalized spacial score (nSPS) is 8.08. The van der Waals surface area contributed by atoms with E-state index in [-0.39, 0.29) is 11.7 Å². The van der Waals surface area contributed by atoms with Crippen LogP contribution >= 0.6 is 11.6 Å². The first-order chi connectivity index (χ1) is 5.54. The molecule has 0 heterocycles. The molecule has 0 bridgehead atoms. The summed E-state index contributed by atoms with van der Waals surface area (Å²) in [6, 6.07) is 6.67. The lowest BCUT2D eigenvalue weighted by Gasteiger charge is -1.89. The number of hydrogen-bond acceptors (Lipinski definition) is 2. The summed E-state index contributed by atoms with van der Waals surface area (Å²) in [6.45, 7) is 0. The summed E-state index contributed by atoms with van der Waals surface area (Å²) in [5.41, 5.74) is 8.94. The highest BCUT2D eigenvalue weighted by Gasteiger charge is 1.89. The largest absolute Gasteiger partial charge is 0.506 e. The number of aromatic hydroxyl groups is 1. The van der Waals surface area contributed by atoms with Gasteiger partial charge in [-0.25, -0.2) is 0 Å². The van der Waals surface area contributed by atoms with Gasteiger partial charge in [0.15, 0.2) is 5.96 Å². The molecule has 1 rings (SSSR count). The van der Waals surface area contributed by atoms with Crippen molar-refractivity contribution in [2.45, 2.75) is 0 Å². The molecule has 4 nitrogen and oxygen atoms in total. The van der Waals surface area contributed by atoms with Crippen molar-refractivity contribution in [3.8, 4) is 5.75 Å². The van der Waals surface area contributed by atoms with E-state index >= 15 is 0 Å². The monoisotopic (exact) mass is 187 g/mol. The zero-order valence-electron chi connectivity index (χ0n) is 6.29. The Morgan fingerprint density at radius 3 is 2.00 bits per heavy atom. The molecular formula is C7H10ClN3O. The van der Waals surface area contributed by atoms with Crippen molar-refractivity contribution in [3.63, 3.8) is 0 Å². The van der Waals surface area contributed by atoms with Gasteiger partial charge in [-0.2, -0.15) is 0 Å². The quantitative estimate of drug-likeness (QED) is 0.359. The maximum atomic E-state index is 8.79. The van der Waals surface area contributed by atoms with Crippen LogP contribution in [0, 0.1) is 5.41 Å². The van der Waals surface area contributed by atoms with Gasteiger partial charge in [0.05, 0.1) is 5.02 Å². The highest BCUT2D eigenvalue weighted by molar-refractivity contribution is 6.31. The Labute approximate surface area is 75.3 Å². The van der Waals surface area contributed by atoms with Crippen LogP contribution in [-0.4, -0.2) is 11.1 Å². The third kappa shape index (κ3) is 5.37. The van der Waals surface area contributed by atoms with E-state index in [0.717, 1.165) is 0 Å². The molecule has 0 fully saturated rings. The number of hydrogen-bond donors (Lipinski definition) is 4. The van der Waals surface area contributed by atoms with Crippen molar-refractivity contribution in [2.75, 3.05) is 0 Å². The Bertz CT molecular complexity index is 240. The molecule has 0 aliphatic carbocycles. The zero-order valence-corrected chi connectivity index (χ0v) is 7.05. The Hall–Kier alpha value is -1.42. The second-order valence-corrected chi connectivity index (χ2v) is 2.31. The van der Waals surface area contributed by atoms with Gasteiger partial charge in [0, 0.05) is 0 Å². The number of halogens is 1. The molecule has 0 spiro atoms. The van der Waals surface area contributed by atoms with Crippen molar-refractivity contribution >= 4 is 17.6 Å². The summed E-state index contributed by atoms with van der Waals surface area (Å²) in [6.07, 6.45) is 0. The van der Waals surface area contributed by atoms with Crippen LogP contribution in [0.2, 0.25) is 5.02 Å². The first-order valence-electron chi connectivity index (χ1n) is 3.07. The van der Waals surface area contributed by atoms with E-state index in [0.29, 0.717) is 5.02 Å². The van der Waals surface area contributed by atoms with Crippen LogP contribution in [0.15, 0.2) is 24.3 Å². The average Bonchev–Trinajstić information content (AvgIpc) is 1.94. The third-order valence-electron chi connectivity index (χ3n) is 0.852. The topological polar surface area (TPSA) is 96.1 Å². The van der Waals surface area contributed by atoms with Crippen LogP contribution in [0.25, 0.3) is 0 Å². The number of phenolic OH excluding ortho intramolecular Hbond substituents is 1. The van der Waals surface area contributed by atoms with Gasteiger partial charge in [0.25, 0.3) is 0 Å². The smallest absolute Gasteiger partial charge is 0.183 e. The van der Waals surface area contributed by atoms with Gasteiger partial charge in [-0.05, 0) is 12.1 Å². The zero-order chi connectivity index (χ0) is 9.56. The fourth-order valence-electron chi connectivity index (χ4n) is 0.452. The molecule has 1 aromatic rings. The average molecular weight is 188 g/mol. The van der Waals surface area contributed by atoms with Gasteiger partial charge < -0.3 is 16.6 Å². The number of phenols is 1. The van der Waals surface area contributed by atoms with Crippen LogP contribution in [-0.2, 0) is 0 Å². The standard InChI is InChI=1S/C6H5ClO.CH5N3/c7-5-3-1-2-4-6(5)8;2-1(3)4/h1-4,8H;(H5,2,3,4). The first kappa shape index (κ1) is 10.6. The van der Waals surface area contributed by atoms with Crippen molar-refractivity contribution in [1.82, 2.24) is 0 Å². The Morgan fingerprint density at radius 1 is 1.33 bits per heavy atom. The minimum Gasteiger partial charge on any atom is -0.506 e. The molecule has 0 radical (unpaired) electrons. The number of nitrogens with two attached hydrogens (primary N) is 2. The van der Waals surface area contributed by atoms with E-state index < -0.39 is 0 Å². The summed E-state index contributed by atoms with van der Waals surface area (Å²) in [5.74, 6) is -0.200. The second kappa shape index (κ2) is 5.26. The predicted molar refractivity (Wildman–Crippen MR) is 49.2 cm³/mol. The lowest BCUT2D eigenvalue weighted by Crippen LogP contribution is -2.20. The number of para-hydroxylation sites is 1. The Kier molecular flexibility index (Phi) is 4.64. The minimum atomic E-state index is -0.333. The summed E-state index contributed by atoms with van der Waals surface area (Å²) in [4.78, 5) is 0. The van der Waals surface area contributed by atoms with Gasteiger partial charge in [0.2, 0.25) is 0 Å². The van der Waals surface area contributed by atoms with Crippen LogP contribution in [0.4, 0.5) is 0 Å². The number of guanidine groups is 1. The number of nitrogens with one attached hydrogen (secondary N) is 1. The molecule has 0 unspecified atom stereocenters. The molecule has 0 atom stereocenters. The maximum Gasteiger partial charge on any atom is 0.183 e. The summed E-state index contributed by atoms with van der Waals surface area (Å²) in [7, 11) is 0. The maximum absolute atomic E-state index is 8.79. The fourth-order valence-corrected chi connectivity index (χ4v) is 0.587. The van der Waals surface area contributed by atoms with Crippen molar-refractivity contribution in [3.05, 3.63) is 29.3 Å². The summed E-state index contributed by atoms with van der Waals surface area (Å²) < 4.78 is 0. The second-order valence-electron chi connectivity index (χ2n) is 1.91. The fraction of sp³-hybridized carbons (Fsp3) is 0. The molecule has 66 valence electrons. The van der Waals surface area contributed by atoms with Gasteiger partial charge in [-0.15, -0.1) is 0 Å². The van der Waals surface area contributed by atoms with E-state index in [9.17, 15) is 0 Å². The molecule has 12 heavy (non-hydrogen) atoms. The van der Waals surface area contributed by atoms with E-state index in [1.165, 1.54) is 0 Å². The number of benzene rings is 1. The predicted octanol–water partition coefficient (Wildman–Crippen LogP) is 0.884. The van der Waals surface area contributed by atoms with Gasteiger partial charge in [-0.3, -0.25) is 5.41 Å². The van der Waals surface area contributed by atoms with Gasteiger partial charge >= 0.3 is 0 Å². The molecule has 0 saturated carbocycles. The van der Waals surface area contributed by atoms with Crippen LogP contribution in [0.5, 0.6) is 5.75 Å². The molecule has 1 aromatic carbocycles. The van der Waals surface area contributed by atoms with Gasteiger partial charge in [-0.1, -0.05) is 23.7 Å². The van der Waals surface area contributed by atoms with E-state index in [1.807, 2.05) is 0 Å². The molecule has 0 aromatic heterocycles. The third-order valence-corrected chi connectivity index (χ3v) is 1.17. The lowest BCUT2D eigenvalue weighted by atomic mass is 10.3. The molecular weight excluding hydrogens is 178 g/mol. The minimum absolute atomic E-state index is 0.133. The summed E-state index contributed by atoms with van der Waals surface area (Å²) >= 11 is 5.46. The first-order valence-corrected chi connectivity index (χ1v) is 3.45. The van der Waals surface area contributed by atoms with Crippen molar-refractivity contribution in [2.24, 2.45) is 11.5 Å². The van der Waals surface area contributed by atoms with Gasteiger partial charge in [0.1, 0.15) is 5.75 Å². The molecule has 0 saturated heterocycles. The highest BCUT2D eigenvalue weighted by atomic mass is 35.5. The van der Waals surface area contributed by atoms with E-state index in [4.69, 9.17) is 22.1 Å². The Morgan fingerprint density at radius 2 is 1.75 bits per heavy atom. The molecule has 0 aliphatic rings. The SMILES string of the molecule is N=C(N)N.Oc1ccccc1Cl. The highest BCUT2D eigenvalue weighted by Crippen LogP contribution is 2.20. The van der Waals surface area contributed by atoms with Crippen LogP contribution in [0.1, 0.15) is 0 Å². The molecule has 0 amide bonds. The number of rotatable bonds is 0. The summed E-state index contributed by atoms with van der Waals surface area (Å²) in [5, 5.41) is 15.2. The van der Waals surface area contributed by atoms with E-state index in [1.54, 1.807) is 24.3 Å². The lowest BCUT2D eigenvalue weighted by molar-refractivity contribution is 0.475. The van der Waals surface area contributed by atoms with Crippen LogP contribution in [0.3, 0.4) is 0 Å². The van der Waals surface area contributed by atoms with Crippen molar-refractivity contribution in [1.29, 1.82) is 5.41 Å². The molecule has 6 N–H and O–H groups in total. The molecule has 0 aliphatic heterocycles. The van der Waals surface area contributed by atoms with Crippen LogP contribution < -0.4 is 11.5 Å².